The highest BCUT2D eigenvalue weighted by atomic mass is 16.5. The van der Waals surface area contributed by atoms with Gasteiger partial charge in [0.2, 0.25) is 5.95 Å². The summed E-state index contributed by atoms with van der Waals surface area (Å²) in [6.07, 6.45) is 0. The molecule has 0 aliphatic heterocycles. The molecule has 0 spiro atoms. The zero-order chi connectivity index (χ0) is 15.4. The molecule has 0 bridgehead atoms. The van der Waals surface area contributed by atoms with Gasteiger partial charge in [0.15, 0.2) is 5.82 Å². The SMILES string of the molecule is Cc1cc(C(=O)NCC(C)C)nc(Nc2cc(C)on2)n1. The van der Waals surface area contributed by atoms with Gasteiger partial charge in [0, 0.05) is 18.3 Å². The van der Waals surface area contributed by atoms with Crippen molar-refractivity contribution in [2.45, 2.75) is 27.7 Å². The molecule has 0 saturated heterocycles. The van der Waals surface area contributed by atoms with Crippen LogP contribution in [0.4, 0.5) is 11.8 Å². The highest BCUT2D eigenvalue weighted by Crippen LogP contribution is 2.13. The van der Waals surface area contributed by atoms with E-state index in [0.29, 0.717) is 41.4 Å². The normalized spacial score (nSPS) is 10.7. The van der Waals surface area contributed by atoms with Crippen molar-refractivity contribution < 1.29 is 9.32 Å². The Labute approximate surface area is 123 Å². The molecule has 2 N–H and O–H groups in total. The maximum Gasteiger partial charge on any atom is 0.270 e. The molecule has 7 nitrogen and oxygen atoms in total. The summed E-state index contributed by atoms with van der Waals surface area (Å²) in [5.74, 6) is 1.67. The van der Waals surface area contributed by atoms with Crippen molar-refractivity contribution in [2.24, 2.45) is 5.92 Å². The fourth-order valence-corrected chi connectivity index (χ4v) is 1.67. The molecule has 21 heavy (non-hydrogen) atoms. The maximum absolute atomic E-state index is 12.0. The Morgan fingerprint density at radius 3 is 2.67 bits per heavy atom. The van der Waals surface area contributed by atoms with E-state index in [0.717, 1.165) is 0 Å². The molecule has 0 fully saturated rings. The summed E-state index contributed by atoms with van der Waals surface area (Å²) in [6, 6.07) is 3.37. The maximum atomic E-state index is 12.0. The van der Waals surface area contributed by atoms with Gasteiger partial charge < -0.3 is 15.2 Å². The molecule has 2 aromatic rings. The molecule has 1 amide bonds. The lowest BCUT2D eigenvalue weighted by molar-refractivity contribution is 0.0944. The molecular weight excluding hydrogens is 270 g/mol. The molecule has 112 valence electrons. The molecule has 7 heteroatoms. The van der Waals surface area contributed by atoms with Crippen molar-refractivity contribution in [1.29, 1.82) is 0 Å². The Balaban J connectivity index is 2.14. The minimum atomic E-state index is -0.214. The van der Waals surface area contributed by atoms with E-state index in [-0.39, 0.29) is 5.91 Å². The molecule has 2 heterocycles. The Morgan fingerprint density at radius 1 is 1.29 bits per heavy atom. The van der Waals surface area contributed by atoms with Crippen LogP contribution in [0.1, 0.15) is 35.8 Å². The zero-order valence-corrected chi connectivity index (χ0v) is 12.6. The van der Waals surface area contributed by atoms with E-state index in [1.165, 1.54) is 0 Å². The highest BCUT2D eigenvalue weighted by molar-refractivity contribution is 5.92. The second kappa shape index (κ2) is 6.34. The monoisotopic (exact) mass is 289 g/mol. The van der Waals surface area contributed by atoms with E-state index >= 15 is 0 Å². The highest BCUT2D eigenvalue weighted by Gasteiger charge is 2.12. The topological polar surface area (TPSA) is 92.9 Å². The summed E-state index contributed by atoms with van der Waals surface area (Å²) in [4.78, 5) is 20.5. The van der Waals surface area contributed by atoms with Gasteiger partial charge in [0.25, 0.3) is 5.91 Å². The number of aromatic nitrogens is 3. The lowest BCUT2D eigenvalue weighted by Crippen LogP contribution is -2.28. The van der Waals surface area contributed by atoms with Crippen molar-refractivity contribution in [1.82, 2.24) is 20.4 Å². The van der Waals surface area contributed by atoms with Gasteiger partial charge in [-0.25, -0.2) is 9.97 Å². The van der Waals surface area contributed by atoms with Crippen LogP contribution in [0.5, 0.6) is 0 Å². The number of hydrogen-bond donors (Lipinski definition) is 2. The fraction of sp³-hybridized carbons (Fsp3) is 0.429. The summed E-state index contributed by atoms with van der Waals surface area (Å²) in [6.45, 7) is 8.27. The van der Waals surface area contributed by atoms with Crippen LogP contribution in [-0.4, -0.2) is 27.6 Å². The number of rotatable bonds is 5. The van der Waals surface area contributed by atoms with Gasteiger partial charge in [-0.1, -0.05) is 19.0 Å². The predicted octanol–water partition coefficient (Wildman–Crippen LogP) is 2.21. The first-order chi connectivity index (χ1) is 9.94. The minimum absolute atomic E-state index is 0.214. The van der Waals surface area contributed by atoms with E-state index in [4.69, 9.17) is 4.52 Å². The number of nitrogens with zero attached hydrogens (tertiary/aromatic N) is 3. The third-order valence-corrected chi connectivity index (χ3v) is 2.63. The van der Waals surface area contributed by atoms with Crippen LogP contribution in [0.15, 0.2) is 16.7 Å². The van der Waals surface area contributed by atoms with Gasteiger partial charge in [-0.3, -0.25) is 4.79 Å². The van der Waals surface area contributed by atoms with Crippen molar-refractivity contribution in [3.63, 3.8) is 0 Å². The van der Waals surface area contributed by atoms with Crippen LogP contribution in [0.3, 0.4) is 0 Å². The largest absolute Gasteiger partial charge is 0.360 e. The molecule has 0 aliphatic carbocycles. The molecule has 0 unspecified atom stereocenters. The van der Waals surface area contributed by atoms with E-state index in [1.54, 1.807) is 26.0 Å². The summed E-state index contributed by atoms with van der Waals surface area (Å²) in [5, 5.41) is 9.56. The van der Waals surface area contributed by atoms with Crippen molar-refractivity contribution in [3.8, 4) is 0 Å². The van der Waals surface area contributed by atoms with Gasteiger partial charge in [-0.2, -0.15) is 0 Å². The van der Waals surface area contributed by atoms with Gasteiger partial charge in [0.05, 0.1) is 0 Å². The Hall–Kier alpha value is -2.44. The summed E-state index contributed by atoms with van der Waals surface area (Å²) < 4.78 is 4.96. The second-order valence-corrected chi connectivity index (χ2v) is 5.27. The lowest BCUT2D eigenvalue weighted by Gasteiger charge is -2.09. The Bertz CT molecular complexity index is 636. The first-order valence-electron chi connectivity index (χ1n) is 6.78. The van der Waals surface area contributed by atoms with E-state index < -0.39 is 0 Å². The number of anilines is 2. The average molecular weight is 289 g/mol. The molecule has 2 aromatic heterocycles. The number of amides is 1. The predicted molar refractivity (Wildman–Crippen MR) is 78.5 cm³/mol. The van der Waals surface area contributed by atoms with Crippen LogP contribution in [0, 0.1) is 19.8 Å². The number of hydrogen-bond acceptors (Lipinski definition) is 6. The molecule has 0 radical (unpaired) electrons. The average Bonchev–Trinajstić information content (AvgIpc) is 2.80. The van der Waals surface area contributed by atoms with Crippen LogP contribution >= 0.6 is 0 Å². The zero-order valence-electron chi connectivity index (χ0n) is 12.6. The molecular formula is C14H19N5O2. The Morgan fingerprint density at radius 2 is 2.05 bits per heavy atom. The minimum Gasteiger partial charge on any atom is -0.360 e. The first kappa shape index (κ1) is 15.0. The first-order valence-corrected chi connectivity index (χ1v) is 6.78. The summed E-state index contributed by atoms with van der Waals surface area (Å²) in [7, 11) is 0. The van der Waals surface area contributed by atoms with Gasteiger partial charge in [0.1, 0.15) is 11.5 Å². The van der Waals surface area contributed by atoms with E-state index in [2.05, 4.69) is 25.8 Å². The third-order valence-electron chi connectivity index (χ3n) is 2.63. The molecule has 0 aliphatic rings. The number of carbonyl (C=O) groups is 1. The van der Waals surface area contributed by atoms with Crippen molar-refractivity contribution >= 4 is 17.7 Å². The van der Waals surface area contributed by atoms with E-state index in [1.807, 2.05) is 13.8 Å². The van der Waals surface area contributed by atoms with Crippen molar-refractivity contribution in [2.75, 3.05) is 11.9 Å². The van der Waals surface area contributed by atoms with Crippen LogP contribution in [0.25, 0.3) is 0 Å². The molecule has 0 aromatic carbocycles. The second-order valence-electron chi connectivity index (χ2n) is 5.27. The molecule has 2 rings (SSSR count). The van der Waals surface area contributed by atoms with Gasteiger partial charge in [-0.15, -0.1) is 0 Å². The quantitative estimate of drug-likeness (QED) is 0.876. The number of aryl methyl sites for hydroxylation is 2. The number of carbonyl (C=O) groups excluding carboxylic acids is 1. The van der Waals surface area contributed by atoms with Crippen molar-refractivity contribution in [3.05, 3.63) is 29.3 Å². The van der Waals surface area contributed by atoms with Gasteiger partial charge in [-0.05, 0) is 25.8 Å². The van der Waals surface area contributed by atoms with E-state index in [9.17, 15) is 4.79 Å². The molecule has 0 saturated carbocycles. The Kier molecular flexibility index (Phi) is 4.52. The molecule has 0 atom stereocenters. The van der Waals surface area contributed by atoms with Crippen LogP contribution in [-0.2, 0) is 0 Å². The lowest BCUT2D eigenvalue weighted by atomic mass is 10.2. The van der Waals surface area contributed by atoms with Gasteiger partial charge >= 0.3 is 0 Å². The number of nitrogens with one attached hydrogen (secondary N) is 2. The summed E-state index contributed by atoms with van der Waals surface area (Å²) in [5.41, 5.74) is 1.02. The standard InChI is InChI=1S/C14H19N5O2/c1-8(2)7-15-13(20)11-5-9(3)16-14(17-11)18-12-6-10(4)21-19-12/h5-6,8H,7H2,1-4H3,(H,15,20)(H,16,17,18,19). The summed E-state index contributed by atoms with van der Waals surface area (Å²) >= 11 is 0. The van der Waals surface area contributed by atoms with Crippen LogP contribution < -0.4 is 10.6 Å². The fourth-order valence-electron chi connectivity index (χ4n) is 1.67. The van der Waals surface area contributed by atoms with Crippen LogP contribution in [0.2, 0.25) is 0 Å². The third kappa shape index (κ3) is 4.27. The smallest absolute Gasteiger partial charge is 0.270 e.